The number of hydrogen-bond donors (Lipinski definition) is 0. The number of anilines is 1. The van der Waals surface area contributed by atoms with E-state index in [-0.39, 0.29) is 17.9 Å². The van der Waals surface area contributed by atoms with Crippen LogP contribution in [0.1, 0.15) is 38.3 Å². The fourth-order valence-corrected chi connectivity index (χ4v) is 6.40. The van der Waals surface area contributed by atoms with Gasteiger partial charge >= 0.3 is 0 Å². The van der Waals surface area contributed by atoms with Gasteiger partial charge in [0.25, 0.3) is 5.91 Å². The lowest BCUT2D eigenvalue weighted by atomic mass is 9.81. The molecule has 0 saturated carbocycles. The Morgan fingerprint density at radius 3 is 2.58 bits per heavy atom. The van der Waals surface area contributed by atoms with E-state index in [1.807, 2.05) is 69.8 Å². The van der Waals surface area contributed by atoms with Crippen molar-refractivity contribution >= 4 is 40.4 Å². The number of amides is 2. The van der Waals surface area contributed by atoms with Gasteiger partial charge in [0.2, 0.25) is 5.91 Å². The number of thiophene rings is 1. The Labute approximate surface area is 221 Å². The predicted octanol–water partition coefficient (Wildman–Crippen LogP) is 4.99. The second kappa shape index (κ2) is 10.6. The summed E-state index contributed by atoms with van der Waals surface area (Å²) in [4.78, 5) is 34.9. The van der Waals surface area contributed by atoms with Gasteiger partial charge in [-0.2, -0.15) is 0 Å². The Morgan fingerprint density at radius 1 is 1.08 bits per heavy atom. The monoisotopic (exact) mass is 523 g/mol. The van der Waals surface area contributed by atoms with Crippen molar-refractivity contribution in [3.8, 4) is 0 Å². The normalized spacial score (nSPS) is 20.0. The molecule has 5 rings (SSSR count). The van der Waals surface area contributed by atoms with Gasteiger partial charge in [-0.25, -0.2) is 0 Å². The van der Waals surface area contributed by atoms with E-state index in [1.165, 1.54) is 5.56 Å². The Bertz CT molecular complexity index is 1240. The number of hydrogen-bond acceptors (Lipinski definition) is 5. The minimum atomic E-state index is -0.464. The Morgan fingerprint density at radius 2 is 1.86 bits per heavy atom. The number of carbonyl (C=O) groups is 2. The predicted molar refractivity (Wildman–Crippen MR) is 144 cm³/mol. The molecular weight excluding hydrogens is 494 g/mol. The van der Waals surface area contributed by atoms with Crippen LogP contribution in [0.2, 0.25) is 5.02 Å². The molecule has 6 nitrogen and oxygen atoms in total. The van der Waals surface area contributed by atoms with Crippen LogP contribution in [0.3, 0.4) is 0 Å². The highest BCUT2D eigenvalue weighted by atomic mass is 35.5. The lowest BCUT2D eigenvalue weighted by molar-refractivity contribution is -0.135. The second-order valence-corrected chi connectivity index (χ2v) is 10.7. The number of benzene rings is 2. The fraction of sp³-hybridized carbons (Fsp3) is 0.357. The average Bonchev–Trinajstić information content (AvgIpc) is 3.44. The number of carbonyl (C=O) groups excluding carboxylic acids is 2. The molecule has 1 aromatic heterocycles. The van der Waals surface area contributed by atoms with Crippen molar-refractivity contribution in [1.82, 2.24) is 9.80 Å². The van der Waals surface area contributed by atoms with Crippen LogP contribution < -0.4 is 4.90 Å². The summed E-state index contributed by atoms with van der Waals surface area (Å²) in [5, 5.41) is 2.72. The molecule has 2 aliphatic rings. The number of rotatable bonds is 6. The van der Waals surface area contributed by atoms with Gasteiger partial charge in [0.15, 0.2) is 0 Å². The minimum Gasteiger partial charge on any atom is -0.383 e. The van der Waals surface area contributed by atoms with E-state index in [2.05, 4.69) is 11.8 Å². The minimum absolute atomic E-state index is 0.0497. The van der Waals surface area contributed by atoms with E-state index in [4.69, 9.17) is 16.3 Å². The standard InChI is InChI=1S/C28H30ClN3O3S/c1-19-9-10-20(29)18-23(19)30-11-13-31(14-12-30)28(34)25-21-6-3-4-7-22(21)27(33)32(15-16-35-2)26(25)24-8-5-17-36-24/h3-10,17-18,25-26H,11-16H2,1-2H3/t25-,26-/m0/s1. The zero-order chi connectivity index (χ0) is 25.2. The van der Waals surface area contributed by atoms with Gasteiger partial charge < -0.3 is 19.4 Å². The van der Waals surface area contributed by atoms with Crippen LogP contribution in [0.4, 0.5) is 5.69 Å². The molecule has 0 N–H and O–H groups in total. The summed E-state index contributed by atoms with van der Waals surface area (Å²) in [5.41, 5.74) is 3.71. The molecule has 2 amide bonds. The maximum atomic E-state index is 14.2. The second-order valence-electron chi connectivity index (χ2n) is 9.26. The molecular formula is C28H30ClN3O3S. The Hall–Kier alpha value is -2.87. The summed E-state index contributed by atoms with van der Waals surface area (Å²) in [5.74, 6) is -0.446. The molecule has 2 aliphatic heterocycles. The molecule has 2 atom stereocenters. The van der Waals surface area contributed by atoms with Crippen molar-refractivity contribution in [2.24, 2.45) is 0 Å². The third-order valence-corrected chi connectivity index (χ3v) is 8.36. The molecule has 2 aromatic carbocycles. The highest BCUT2D eigenvalue weighted by Crippen LogP contribution is 2.45. The molecule has 1 fully saturated rings. The van der Waals surface area contributed by atoms with E-state index < -0.39 is 5.92 Å². The third kappa shape index (κ3) is 4.63. The molecule has 188 valence electrons. The number of fused-ring (bicyclic) bond motifs is 1. The fourth-order valence-electron chi connectivity index (χ4n) is 5.36. The van der Waals surface area contributed by atoms with Crippen molar-refractivity contribution in [3.05, 3.63) is 86.6 Å². The first-order chi connectivity index (χ1) is 17.5. The smallest absolute Gasteiger partial charge is 0.254 e. The molecule has 0 spiro atoms. The summed E-state index contributed by atoms with van der Waals surface area (Å²) in [6.07, 6.45) is 0. The number of nitrogens with zero attached hydrogens (tertiary/aromatic N) is 3. The number of halogens is 1. The molecule has 1 saturated heterocycles. The molecule has 3 heterocycles. The van der Waals surface area contributed by atoms with Crippen LogP contribution in [0.5, 0.6) is 0 Å². The zero-order valence-electron chi connectivity index (χ0n) is 20.5. The maximum Gasteiger partial charge on any atom is 0.254 e. The quantitative estimate of drug-likeness (QED) is 0.457. The van der Waals surface area contributed by atoms with E-state index in [0.717, 1.165) is 29.2 Å². The average molecular weight is 524 g/mol. The topological polar surface area (TPSA) is 53.1 Å². The molecule has 0 bridgehead atoms. The van der Waals surface area contributed by atoms with Gasteiger partial charge in [0.1, 0.15) is 0 Å². The summed E-state index contributed by atoms with van der Waals surface area (Å²) in [7, 11) is 1.63. The van der Waals surface area contributed by atoms with E-state index in [1.54, 1.807) is 18.4 Å². The lowest BCUT2D eigenvalue weighted by Crippen LogP contribution is -2.53. The van der Waals surface area contributed by atoms with Crippen LogP contribution in [0.25, 0.3) is 0 Å². The van der Waals surface area contributed by atoms with Crippen LogP contribution in [0, 0.1) is 6.92 Å². The van der Waals surface area contributed by atoms with Gasteiger partial charge in [0.05, 0.1) is 18.6 Å². The highest BCUT2D eigenvalue weighted by Gasteiger charge is 2.46. The molecule has 0 unspecified atom stereocenters. The molecule has 0 aliphatic carbocycles. The summed E-state index contributed by atoms with van der Waals surface area (Å²) in [6, 6.07) is 17.1. The van der Waals surface area contributed by atoms with Gasteiger partial charge in [-0.1, -0.05) is 41.9 Å². The van der Waals surface area contributed by atoms with Crippen LogP contribution >= 0.6 is 22.9 Å². The maximum absolute atomic E-state index is 14.2. The first-order valence-electron chi connectivity index (χ1n) is 12.2. The summed E-state index contributed by atoms with van der Waals surface area (Å²) in [6.45, 7) is 5.62. The van der Waals surface area contributed by atoms with Gasteiger partial charge in [-0.15, -0.1) is 11.3 Å². The molecule has 8 heteroatoms. The van der Waals surface area contributed by atoms with Crippen LogP contribution in [0.15, 0.2) is 60.0 Å². The zero-order valence-corrected chi connectivity index (χ0v) is 22.1. The van der Waals surface area contributed by atoms with E-state index >= 15 is 0 Å². The number of piperazine rings is 1. The summed E-state index contributed by atoms with van der Waals surface area (Å²) < 4.78 is 5.33. The molecule has 0 radical (unpaired) electrons. The number of aryl methyl sites for hydroxylation is 1. The van der Waals surface area contributed by atoms with Crippen molar-refractivity contribution in [1.29, 1.82) is 0 Å². The number of methoxy groups -OCH3 is 1. The highest BCUT2D eigenvalue weighted by molar-refractivity contribution is 7.10. The van der Waals surface area contributed by atoms with Gasteiger partial charge in [-0.05, 0) is 47.7 Å². The van der Waals surface area contributed by atoms with E-state index in [0.29, 0.717) is 36.8 Å². The lowest BCUT2D eigenvalue weighted by Gasteiger charge is -2.44. The Kier molecular flexibility index (Phi) is 7.32. The third-order valence-electron chi connectivity index (χ3n) is 7.18. The van der Waals surface area contributed by atoms with Crippen molar-refractivity contribution in [2.75, 3.05) is 51.3 Å². The van der Waals surface area contributed by atoms with E-state index in [9.17, 15) is 9.59 Å². The van der Waals surface area contributed by atoms with Crippen molar-refractivity contribution in [3.63, 3.8) is 0 Å². The van der Waals surface area contributed by atoms with Crippen LogP contribution in [-0.2, 0) is 9.53 Å². The first kappa shape index (κ1) is 24.8. The molecule has 36 heavy (non-hydrogen) atoms. The SMILES string of the molecule is COCCN1C(=O)c2ccccc2[C@H](C(=O)N2CCN(c3cc(Cl)ccc3C)CC2)[C@@H]1c1cccs1. The molecule has 3 aromatic rings. The Balaban J connectivity index is 1.46. The van der Waals surface area contributed by atoms with Gasteiger partial charge in [-0.3, -0.25) is 9.59 Å². The summed E-state index contributed by atoms with van der Waals surface area (Å²) >= 11 is 7.85. The van der Waals surface area contributed by atoms with Crippen molar-refractivity contribution in [2.45, 2.75) is 18.9 Å². The van der Waals surface area contributed by atoms with Crippen LogP contribution in [-0.4, -0.2) is 68.1 Å². The largest absolute Gasteiger partial charge is 0.383 e. The van der Waals surface area contributed by atoms with Gasteiger partial charge in [0, 0.05) is 61.0 Å². The first-order valence-corrected chi connectivity index (χ1v) is 13.5. The number of ether oxygens (including phenoxy) is 1. The van der Waals surface area contributed by atoms with Crippen molar-refractivity contribution < 1.29 is 14.3 Å².